The minimum absolute atomic E-state index is 0.106. The van der Waals surface area contributed by atoms with Gasteiger partial charge in [0.25, 0.3) is 0 Å². The molecule has 0 saturated heterocycles. The third-order valence-electron chi connectivity index (χ3n) is 5.51. The fourth-order valence-corrected chi connectivity index (χ4v) is 3.25. The Balaban J connectivity index is 3.41. The van der Waals surface area contributed by atoms with Gasteiger partial charge in [-0.05, 0) is 38.5 Å². The lowest BCUT2D eigenvalue weighted by Gasteiger charge is -2.08. The van der Waals surface area contributed by atoms with Crippen molar-refractivity contribution in [1.82, 2.24) is 5.32 Å². The molecule has 0 fully saturated rings. The van der Waals surface area contributed by atoms with Gasteiger partial charge in [0.1, 0.15) is 13.2 Å². The van der Waals surface area contributed by atoms with E-state index in [2.05, 4.69) is 19.2 Å². The highest BCUT2D eigenvalue weighted by Gasteiger charge is 2.07. The Morgan fingerprint density at radius 2 is 0.795 bits per heavy atom. The summed E-state index contributed by atoms with van der Waals surface area (Å²) in [5, 5.41) is 2.96. The molecule has 1 N–H and O–H groups in total. The van der Waals surface area contributed by atoms with E-state index in [1.165, 1.54) is 0 Å². The molecule has 0 amide bonds. The fourth-order valence-electron chi connectivity index (χ4n) is 3.25. The highest BCUT2D eigenvalue weighted by molar-refractivity contribution is 5.69. The molecule has 228 valence electrons. The number of esters is 2. The van der Waals surface area contributed by atoms with Crippen molar-refractivity contribution >= 4 is 24.2 Å². The van der Waals surface area contributed by atoms with Crippen molar-refractivity contribution in [1.29, 1.82) is 0 Å². The fraction of sp³-hybridized carbons (Fsp3) is 0.857. The number of carbonyl (C=O) groups excluding carboxylic acids is 4. The van der Waals surface area contributed by atoms with E-state index in [9.17, 15) is 19.2 Å². The Hall–Kier alpha value is -2.56. The molecule has 0 aromatic heterocycles. The molecule has 0 unspecified atom stereocenters. The van der Waals surface area contributed by atoms with E-state index in [4.69, 9.17) is 28.4 Å². The Morgan fingerprint density at radius 3 is 1.21 bits per heavy atom. The maximum Gasteiger partial charge on any atom is 0.508 e. The van der Waals surface area contributed by atoms with Crippen LogP contribution in [-0.2, 0) is 38.0 Å². The molecule has 0 saturated carbocycles. The maximum absolute atomic E-state index is 11.6. The number of ether oxygens (including phenoxy) is 6. The van der Waals surface area contributed by atoms with Gasteiger partial charge < -0.3 is 33.7 Å². The van der Waals surface area contributed by atoms with Gasteiger partial charge in [0, 0.05) is 25.9 Å². The summed E-state index contributed by atoms with van der Waals surface area (Å²) in [6.45, 7) is 6.49. The van der Waals surface area contributed by atoms with E-state index >= 15 is 0 Å². The van der Waals surface area contributed by atoms with Crippen LogP contribution in [-0.4, -0.2) is 77.0 Å². The average molecular weight is 562 g/mol. The predicted molar refractivity (Wildman–Crippen MR) is 145 cm³/mol. The van der Waals surface area contributed by atoms with Crippen LogP contribution in [0.3, 0.4) is 0 Å². The zero-order valence-corrected chi connectivity index (χ0v) is 24.1. The van der Waals surface area contributed by atoms with Crippen molar-refractivity contribution in [2.75, 3.05) is 52.7 Å². The molecule has 0 aliphatic rings. The molecule has 11 nitrogen and oxygen atoms in total. The summed E-state index contributed by atoms with van der Waals surface area (Å²) in [6.07, 6.45) is 9.85. The van der Waals surface area contributed by atoms with Crippen LogP contribution >= 0.6 is 0 Å². The van der Waals surface area contributed by atoms with E-state index in [-0.39, 0.29) is 38.4 Å². The molecule has 0 rings (SSSR count). The van der Waals surface area contributed by atoms with Gasteiger partial charge in [0.15, 0.2) is 0 Å². The van der Waals surface area contributed by atoms with Gasteiger partial charge in [-0.3, -0.25) is 9.59 Å². The Morgan fingerprint density at radius 1 is 0.436 bits per heavy atom. The number of hydrogen-bond acceptors (Lipinski definition) is 11. The van der Waals surface area contributed by atoms with E-state index in [0.29, 0.717) is 64.8 Å². The number of carbonyl (C=O) groups is 4. The van der Waals surface area contributed by atoms with Crippen LogP contribution in [0.25, 0.3) is 0 Å². The Labute approximate surface area is 233 Å². The highest BCUT2D eigenvalue weighted by Crippen LogP contribution is 2.04. The first-order chi connectivity index (χ1) is 19.0. The molecular formula is C28H51NO10. The summed E-state index contributed by atoms with van der Waals surface area (Å²) in [7, 11) is 0. The molecule has 0 radical (unpaired) electrons. The molecule has 0 aromatic carbocycles. The predicted octanol–water partition coefficient (Wildman–Crippen LogP) is 5.47. The zero-order chi connectivity index (χ0) is 28.8. The Bertz CT molecular complexity index is 577. The van der Waals surface area contributed by atoms with Crippen molar-refractivity contribution in [3.63, 3.8) is 0 Å². The first kappa shape index (κ1) is 36.4. The molecule has 0 spiro atoms. The van der Waals surface area contributed by atoms with Crippen molar-refractivity contribution in [3.8, 4) is 0 Å². The Kier molecular flexibility index (Phi) is 26.6. The van der Waals surface area contributed by atoms with Crippen LogP contribution in [0.2, 0.25) is 0 Å². The molecule has 11 heteroatoms. The second-order valence-corrected chi connectivity index (χ2v) is 9.12. The molecule has 0 atom stereocenters. The van der Waals surface area contributed by atoms with Crippen molar-refractivity contribution in [2.45, 2.75) is 104 Å². The van der Waals surface area contributed by atoms with E-state index in [1.807, 2.05) is 0 Å². The summed E-state index contributed by atoms with van der Waals surface area (Å²) in [4.78, 5) is 46.2. The second-order valence-electron chi connectivity index (χ2n) is 9.12. The molecule has 0 aliphatic heterocycles. The third kappa shape index (κ3) is 28.3. The number of hydrogen-bond donors (Lipinski definition) is 1. The lowest BCUT2D eigenvalue weighted by molar-refractivity contribution is -0.144. The normalized spacial score (nSPS) is 10.5. The van der Waals surface area contributed by atoms with Crippen molar-refractivity contribution < 1.29 is 47.6 Å². The van der Waals surface area contributed by atoms with Gasteiger partial charge in [-0.25, -0.2) is 9.59 Å². The largest absolute Gasteiger partial charge is 0.508 e. The first-order valence-corrected chi connectivity index (χ1v) is 14.6. The van der Waals surface area contributed by atoms with Gasteiger partial charge in [-0.2, -0.15) is 0 Å². The topological polar surface area (TPSA) is 136 Å². The molecule has 0 heterocycles. The molecule has 0 aromatic rings. The molecule has 39 heavy (non-hydrogen) atoms. The quantitative estimate of drug-likeness (QED) is 0.0818. The van der Waals surface area contributed by atoms with Gasteiger partial charge >= 0.3 is 24.2 Å². The third-order valence-corrected chi connectivity index (χ3v) is 5.51. The van der Waals surface area contributed by atoms with Crippen LogP contribution in [0.4, 0.5) is 9.59 Å². The summed E-state index contributed by atoms with van der Waals surface area (Å²) in [5.74, 6) is -0.445. The van der Waals surface area contributed by atoms with Crippen LogP contribution in [0.1, 0.15) is 104 Å². The lowest BCUT2D eigenvalue weighted by atomic mass is 10.2. The number of nitrogens with one attached hydrogen (secondary N) is 1. The standard InChI is InChI=1S/C28H51NO10/c1-3-5-7-11-19-34-25(30)15-9-13-21-36-27(32)38-23-17-29-18-24-39-28(33)37-22-14-10-16-26(31)35-20-12-8-6-4-2/h29H,3-24H2,1-2H3. The van der Waals surface area contributed by atoms with Crippen LogP contribution in [0.15, 0.2) is 0 Å². The number of rotatable bonds is 26. The second kappa shape index (κ2) is 28.4. The van der Waals surface area contributed by atoms with Gasteiger partial charge in [-0.1, -0.05) is 52.4 Å². The maximum atomic E-state index is 11.6. The minimum Gasteiger partial charge on any atom is -0.466 e. The van der Waals surface area contributed by atoms with Crippen molar-refractivity contribution in [3.05, 3.63) is 0 Å². The molecular weight excluding hydrogens is 510 g/mol. The van der Waals surface area contributed by atoms with E-state index in [1.54, 1.807) is 0 Å². The summed E-state index contributed by atoms with van der Waals surface area (Å²) < 4.78 is 30.1. The van der Waals surface area contributed by atoms with Gasteiger partial charge in [-0.15, -0.1) is 0 Å². The SMILES string of the molecule is CCCCCCOC(=O)CCCCOC(=O)OCCNCCOC(=O)OCCCCC(=O)OCCCCCC. The van der Waals surface area contributed by atoms with Gasteiger partial charge in [0.2, 0.25) is 0 Å². The molecule has 0 bridgehead atoms. The summed E-state index contributed by atoms with van der Waals surface area (Å²) >= 11 is 0. The van der Waals surface area contributed by atoms with Crippen LogP contribution in [0, 0.1) is 0 Å². The average Bonchev–Trinajstić information content (AvgIpc) is 2.91. The van der Waals surface area contributed by atoms with Crippen molar-refractivity contribution in [2.24, 2.45) is 0 Å². The zero-order valence-electron chi connectivity index (χ0n) is 24.1. The lowest BCUT2D eigenvalue weighted by Crippen LogP contribution is -2.26. The monoisotopic (exact) mass is 561 g/mol. The number of unbranched alkanes of at least 4 members (excludes halogenated alkanes) is 8. The van der Waals surface area contributed by atoms with Crippen LogP contribution < -0.4 is 5.32 Å². The van der Waals surface area contributed by atoms with Crippen LogP contribution in [0.5, 0.6) is 0 Å². The van der Waals surface area contributed by atoms with Gasteiger partial charge in [0.05, 0.1) is 26.4 Å². The minimum atomic E-state index is -0.768. The smallest absolute Gasteiger partial charge is 0.466 e. The summed E-state index contributed by atoms with van der Waals surface area (Å²) in [5.41, 5.74) is 0. The summed E-state index contributed by atoms with van der Waals surface area (Å²) in [6, 6.07) is 0. The molecule has 0 aliphatic carbocycles. The first-order valence-electron chi connectivity index (χ1n) is 14.6. The highest BCUT2D eigenvalue weighted by atomic mass is 16.7. The van der Waals surface area contributed by atoms with E-state index in [0.717, 1.165) is 51.4 Å². The van der Waals surface area contributed by atoms with E-state index < -0.39 is 12.3 Å².